The zero-order valence-corrected chi connectivity index (χ0v) is 24.8. The van der Waals surface area contributed by atoms with Crippen molar-refractivity contribution in [3.05, 3.63) is 64.1 Å². The second-order valence-electron chi connectivity index (χ2n) is 11.5. The van der Waals surface area contributed by atoms with Crippen LogP contribution in [-0.4, -0.2) is 97.0 Å². The van der Waals surface area contributed by atoms with Crippen molar-refractivity contribution in [3.63, 3.8) is 0 Å². The van der Waals surface area contributed by atoms with Crippen LogP contribution < -0.4 is 5.32 Å². The highest BCUT2D eigenvalue weighted by molar-refractivity contribution is 6.42. The molecule has 0 radical (unpaired) electrons. The van der Waals surface area contributed by atoms with E-state index in [2.05, 4.69) is 21.2 Å². The third-order valence-electron chi connectivity index (χ3n) is 8.83. The molecular formula is C31H41Cl2N5O2. The molecule has 1 N–H and O–H groups in total. The maximum atomic E-state index is 13.2. The SMILES string of the molecule is O=C(CN1CCN(CCCC2(c3ccc(Cl)c(Cl)c3)CCCN(C(=O)Nc3ccccc3)C2)CC1)N1CCCC1. The van der Waals surface area contributed by atoms with Crippen molar-refractivity contribution in [1.82, 2.24) is 19.6 Å². The van der Waals surface area contributed by atoms with Gasteiger partial charge in [0.25, 0.3) is 0 Å². The molecule has 0 bridgehead atoms. The van der Waals surface area contributed by atoms with Crippen molar-refractivity contribution < 1.29 is 9.59 Å². The molecule has 3 heterocycles. The Bertz CT molecular complexity index is 1150. The molecule has 3 aliphatic rings. The molecule has 0 aliphatic carbocycles. The summed E-state index contributed by atoms with van der Waals surface area (Å²) in [6, 6.07) is 15.5. The van der Waals surface area contributed by atoms with Gasteiger partial charge < -0.3 is 20.0 Å². The Hall–Kier alpha value is -2.32. The molecule has 3 amide bonds. The smallest absolute Gasteiger partial charge is 0.321 e. The number of amides is 3. The second-order valence-corrected chi connectivity index (χ2v) is 12.4. The van der Waals surface area contributed by atoms with Crippen LogP contribution in [0.5, 0.6) is 0 Å². The molecule has 3 saturated heterocycles. The first-order valence-corrected chi connectivity index (χ1v) is 15.5. The van der Waals surface area contributed by atoms with Crippen LogP contribution in [0.1, 0.15) is 44.1 Å². The van der Waals surface area contributed by atoms with Gasteiger partial charge in [0.05, 0.1) is 16.6 Å². The molecule has 9 heteroatoms. The number of para-hydroxylation sites is 1. The van der Waals surface area contributed by atoms with E-state index in [1.165, 1.54) is 0 Å². The van der Waals surface area contributed by atoms with E-state index in [-0.39, 0.29) is 17.4 Å². The van der Waals surface area contributed by atoms with Crippen LogP contribution in [-0.2, 0) is 10.2 Å². The topological polar surface area (TPSA) is 59.1 Å². The number of hydrogen-bond acceptors (Lipinski definition) is 4. The number of nitrogens with one attached hydrogen (secondary N) is 1. The van der Waals surface area contributed by atoms with E-state index in [0.717, 1.165) is 102 Å². The predicted molar refractivity (Wildman–Crippen MR) is 162 cm³/mol. The molecule has 3 fully saturated rings. The van der Waals surface area contributed by atoms with Crippen molar-refractivity contribution in [3.8, 4) is 0 Å². The first-order valence-electron chi connectivity index (χ1n) is 14.7. The summed E-state index contributed by atoms with van der Waals surface area (Å²) in [5.41, 5.74) is 1.79. The monoisotopic (exact) mass is 585 g/mol. The minimum atomic E-state index is -0.176. The van der Waals surface area contributed by atoms with Crippen LogP contribution in [0.25, 0.3) is 0 Å². The highest BCUT2D eigenvalue weighted by atomic mass is 35.5. The number of urea groups is 1. The van der Waals surface area contributed by atoms with Gasteiger partial charge in [0, 0.05) is 63.5 Å². The third kappa shape index (κ3) is 7.30. The number of anilines is 1. The number of piperazine rings is 1. The fraction of sp³-hybridized carbons (Fsp3) is 0.548. The molecule has 5 rings (SSSR count). The molecular weight excluding hydrogens is 545 g/mol. The summed E-state index contributed by atoms with van der Waals surface area (Å²) >= 11 is 12.8. The number of carbonyl (C=O) groups excluding carboxylic acids is 2. The lowest BCUT2D eigenvalue weighted by Crippen LogP contribution is -2.51. The van der Waals surface area contributed by atoms with E-state index in [4.69, 9.17) is 23.2 Å². The first-order chi connectivity index (χ1) is 19.4. The Labute approximate surface area is 248 Å². The molecule has 1 atom stereocenters. The summed E-state index contributed by atoms with van der Waals surface area (Å²) in [6.45, 7) is 8.63. The summed E-state index contributed by atoms with van der Waals surface area (Å²) in [5.74, 6) is 0.285. The molecule has 40 heavy (non-hydrogen) atoms. The molecule has 0 saturated carbocycles. The van der Waals surface area contributed by atoms with Gasteiger partial charge in [-0.3, -0.25) is 9.69 Å². The zero-order chi connectivity index (χ0) is 28.0. The molecule has 0 aromatic heterocycles. The maximum absolute atomic E-state index is 13.2. The molecule has 3 aliphatic heterocycles. The number of benzene rings is 2. The van der Waals surface area contributed by atoms with E-state index in [1.54, 1.807) is 0 Å². The van der Waals surface area contributed by atoms with Crippen molar-refractivity contribution in [2.24, 2.45) is 0 Å². The van der Waals surface area contributed by atoms with E-state index >= 15 is 0 Å². The Morgan fingerprint density at radius 1 is 0.800 bits per heavy atom. The van der Waals surface area contributed by atoms with Gasteiger partial charge in [-0.05, 0) is 74.9 Å². The normalized spacial score (nSPS) is 22.4. The van der Waals surface area contributed by atoms with Gasteiger partial charge in [-0.2, -0.15) is 0 Å². The van der Waals surface area contributed by atoms with Gasteiger partial charge in [0.1, 0.15) is 0 Å². The minimum absolute atomic E-state index is 0.0602. The van der Waals surface area contributed by atoms with Gasteiger partial charge in [-0.15, -0.1) is 0 Å². The van der Waals surface area contributed by atoms with Crippen molar-refractivity contribution in [2.75, 3.05) is 70.8 Å². The van der Waals surface area contributed by atoms with Crippen LogP contribution in [0.4, 0.5) is 10.5 Å². The summed E-state index contributed by atoms with van der Waals surface area (Å²) < 4.78 is 0. The molecule has 2 aromatic rings. The Kier molecular flexibility index (Phi) is 9.89. The molecule has 0 spiro atoms. The lowest BCUT2D eigenvalue weighted by Gasteiger charge is -2.44. The predicted octanol–water partition coefficient (Wildman–Crippen LogP) is 5.58. The average molecular weight is 587 g/mol. The van der Waals surface area contributed by atoms with Crippen LogP contribution in [0, 0.1) is 0 Å². The van der Waals surface area contributed by atoms with Gasteiger partial charge in [-0.25, -0.2) is 4.79 Å². The highest BCUT2D eigenvalue weighted by Crippen LogP contribution is 2.40. The number of piperidine rings is 1. The largest absolute Gasteiger partial charge is 0.342 e. The summed E-state index contributed by atoms with van der Waals surface area (Å²) in [5, 5.41) is 4.18. The lowest BCUT2D eigenvalue weighted by atomic mass is 9.71. The maximum Gasteiger partial charge on any atom is 0.321 e. The molecule has 216 valence electrons. The summed E-state index contributed by atoms with van der Waals surface area (Å²) in [6.07, 6.45) is 6.21. The minimum Gasteiger partial charge on any atom is -0.342 e. The first kappa shape index (κ1) is 29.2. The summed E-state index contributed by atoms with van der Waals surface area (Å²) in [4.78, 5) is 34.6. The van der Waals surface area contributed by atoms with E-state index in [9.17, 15) is 9.59 Å². The van der Waals surface area contributed by atoms with Gasteiger partial charge >= 0.3 is 6.03 Å². The number of hydrogen-bond donors (Lipinski definition) is 1. The number of rotatable bonds is 8. The Morgan fingerprint density at radius 3 is 2.23 bits per heavy atom. The molecule has 2 aromatic carbocycles. The van der Waals surface area contributed by atoms with Crippen molar-refractivity contribution in [2.45, 2.75) is 43.9 Å². The standard InChI is InChI=1S/C31H41Cl2N5O2/c32-27-11-10-25(22-28(27)33)31(13-7-17-38(24-31)30(40)34-26-8-2-1-3-9-26)12-6-14-35-18-20-36(21-19-35)23-29(39)37-15-4-5-16-37/h1-3,8-11,22H,4-7,12-21,23-24H2,(H,34,40). The highest BCUT2D eigenvalue weighted by Gasteiger charge is 2.39. The van der Waals surface area contributed by atoms with Crippen LogP contribution >= 0.6 is 23.2 Å². The zero-order valence-electron chi connectivity index (χ0n) is 23.3. The summed E-state index contributed by atoms with van der Waals surface area (Å²) in [7, 11) is 0. The fourth-order valence-electron chi connectivity index (χ4n) is 6.51. The fourth-order valence-corrected chi connectivity index (χ4v) is 6.81. The van der Waals surface area contributed by atoms with E-state index in [0.29, 0.717) is 23.1 Å². The van der Waals surface area contributed by atoms with Gasteiger partial charge in [0.2, 0.25) is 5.91 Å². The van der Waals surface area contributed by atoms with Crippen molar-refractivity contribution in [1.29, 1.82) is 0 Å². The number of likely N-dealkylation sites (tertiary alicyclic amines) is 2. The van der Waals surface area contributed by atoms with Gasteiger partial charge in [0.15, 0.2) is 0 Å². The number of carbonyl (C=O) groups is 2. The van der Waals surface area contributed by atoms with E-state index in [1.807, 2.05) is 52.3 Å². The van der Waals surface area contributed by atoms with E-state index < -0.39 is 0 Å². The quantitative estimate of drug-likeness (QED) is 0.439. The Morgan fingerprint density at radius 2 is 1.50 bits per heavy atom. The number of nitrogens with zero attached hydrogens (tertiary/aromatic N) is 4. The van der Waals surface area contributed by atoms with Crippen LogP contribution in [0.2, 0.25) is 10.0 Å². The number of halogens is 2. The van der Waals surface area contributed by atoms with Gasteiger partial charge in [-0.1, -0.05) is 47.5 Å². The third-order valence-corrected chi connectivity index (χ3v) is 9.57. The molecule has 1 unspecified atom stereocenters. The van der Waals surface area contributed by atoms with Crippen LogP contribution in [0.15, 0.2) is 48.5 Å². The lowest BCUT2D eigenvalue weighted by molar-refractivity contribution is -0.131. The van der Waals surface area contributed by atoms with Crippen molar-refractivity contribution >= 4 is 40.8 Å². The average Bonchev–Trinajstić information content (AvgIpc) is 3.52. The Balaban J connectivity index is 1.19. The molecule has 7 nitrogen and oxygen atoms in total. The second kappa shape index (κ2) is 13.6. The van der Waals surface area contributed by atoms with Crippen LogP contribution in [0.3, 0.4) is 0 Å².